The molecule has 0 saturated heterocycles. The first-order valence-corrected chi connectivity index (χ1v) is 6.12. The van der Waals surface area contributed by atoms with Crippen LogP contribution in [-0.4, -0.2) is 36.1 Å². The van der Waals surface area contributed by atoms with E-state index in [1.54, 1.807) is 24.3 Å². The van der Waals surface area contributed by atoms with E-state index >= 15 is 0 Å². The summed E-state index contributed by atoms with van der Waals surface area (Å²) >= 11 is 5.78. The number of amides is 1. The van der Waals surface area contributed by atoms with Crippen LogP contribution in [0.25, 0.3) is 0 Å². The maximum atomic E-state index is 11.7. The van der Waals surface area contributed by atoms with E-state index in [2.05, 4.69) is 10.6 Å². The lowest BCUT2D eigenvalue weighted by molar-refractivity contribution is -0.141. The Kier molecular flexibility index (Phi) is 6.27. The van der Waals surface area contributed by atoms with E-state index in [-0.39, 0.29) is 6.42 Å². The molecule has 1 aromatic carbocycles. The summed E-state index contributed by atoms with van der Waals surface area (Å²) in [6, 6.07) is 5.68. The van der Waals surface area contributed by atoms with E-state index in [1.807, 2.05) is 0 Å². The summed E-state index contributed by atoms with van der Waals surface area (Å²) in [5.74, 6) is -1.49. The Bertz CT molecular complexity index is 454. The second kappa shape index (κ2) is 7.73. The lowest BCUT2D eigenvalue weighted by atomic mass is 10.2. The van der Waals surface area contributed by atoms with Crippen molar-refractivity contribution in [1.82, 2.24) is 5.32 Å². The van der Waals surface area contributed by atoms with Crippen LogP contribution < -0.4 is 16.4 Å². The number of nitrogens with two attached hydrogens (primary N) is 1. The highest BCUT2D eigenvalue weighted by Gasteiger charge is 2.20. The molecule has 0 aromatic heterocycles. The van der Waals surface area contributed by atoms with Crippen LogP contribution in [-0.2, 0) is 9.59 Å². The molecule has 1 amide bonds. The molecule has 1 unspecified atom stereocenters. The second-order valence-corrected chi connectivity index (χ2v) is 4.33. The van der Waals surface area contributed by atoms with Crippen molar-refractivity contribution in [3.05, 3.63) is 29.3 Å². The topological polar surface area (TPSA) is 104 Å². The zero-order valence-electron chi connectivity index (χ0n) is 10.2. The van der Waals surface area contributed by atoms with Crippen molar-refractivity contribution in [2.75, 3.05) is 18.4 Å². The fourth-order valence-corrected chi connectivity index (χ4v) is 1.66. The molecule has 0 bridgehead atoms. The normalized spacial score (nSPS) is 11.9. The van der Waals surface area contributed by atoms with Gasteiger partial charge < -0.3 is 21.5 Å². The Labute approximate surface area is 115 Å². The molecule has 0 radical (unpaired) electrons. The molecule has 104 valence electrons. The first-order valence-electron chi connectivity index (χ1n) is 5.74. The van der Waals surface area contributed by atoms with Gasteiger partial charge in [-0.3, -0.25) is 9.59 Å². The number of nitrogens with one attached hydrogen (secondary N) is 2. The summed E-state index contributed by atoms with van der Waals surface area (Å²) < 4.78 is 0. The minimum Gasteiger partial charge on any atom is -0.480 e. The lowest BCUT2D eigenvalue weighted by Crippen LogP contribution is -2.41. The van der Waals surface area contributed by atoms with Gasteiger partial charge in [-0.2, -0.15) is 0 Å². The smallest absolute Gasteiger partial charge is 0.321 e. The van der Waals surface area contributed by atoms with Crippen LogP contribution in [0.3, 0.4) is 0 Å². The molecule has 1 rings (SSSR count). The summed E-state index contributed by atoms with van der Waals surface area (Å²) in [6.07, 6.45) is -0.179. The minimum absolute atomic E-state index is 0.179. The van der Waals surface area contributed by atoms with Gasteiger partial charge in [-0.1, -0.05) is 17.7 Å². The van der Waals surface area contributed by atoms with Crippen LogP contribution in [0.15, 0.2) is 24.3 Å². The fourth-order valence-electron chi connectivity index (χ4n) is 1.47. The van der Waals surface area contributed by atoms with Crippen LogP contribution in [0.1, 0.15) is 6.42 Å². The van der Waals surface area contributed by atoms with Crippen molar-refractivity contribution in [2.45, 2.75) is 12.5 Å². The number of carbonyl (C=O) groups is 2. The highest BCUT2D eigenvalue weighted by molar-refractivity contribution is 6.30. The fraction of sp³-hybridized carbons (Fsp3) is 0.333. The molecule has 0 saturated carbocycles. The number of hydrogen-bond donors (Lipinski definition) is 4. The third kappa shape index (κ3) is 5.69. The van der Waals surface area contributed by atoms with E-state index < -0.39 is 17.9 Å². The van der Waals surface area contributed by atoms with Crippen molar-refractivity contribution in [3.63, 3.8) is 0 Å². The number of carbonyl (C=O) groups excluding carboxylic acids is 1. The van der Waals surface area contributed by atoms with Gasteiger partial charge in [0, 0.05) is 23.8 Å². The predicted molar refractivity (Wildman–Crippen MR) is 73.2 cm³/mol. The number of halogens is 1. The van der Waals surface area contributed by atoms with E-state index in [4.69, 9.17) is 22.4 Å². The molecule has 5 N–H and O–H groups in total. The molecule has 0 aliphatic carbocycles. The summed E-state index contributed by atoms with van der Waals surface area (Å²) in [6.45, 7) is 0.640. The molecule has 0 heterocycles. The molecule has 0 aliphatic heterocycles. The van der Waals surface area contributed by atoms with Crippen molar-refractivity contribution in [3.8, 4) is 0 Å². The Balaban J connectivity index is 2.55. The molecule has 1 atom stereocenters. The van der Waals surface area contributed by atoms with Crippen LogP contribution in [0, 0.1) is 0 Å². The Morgan fingerprint density at radius 3 is 2.74 bits per heavy atom. The number of carboxylic acids is 1. The minimum atomic E-state index is -1.09. The van der Waals surface area contributed by atoms with Gasteiger partial charge in [0.25, 0.3) is 0 Å². The standard InChI is InChI=1S/C12H16ClN3O3/c13-8-2-1-3-9(6-8)16-11(17)7-10(12(18)19)15-5-4-14/h1-3,6,10,15H,4-5,7,14H2,(H,16,17)(H,18,19). The summed E-state index contributed by atoms with van der Waals surface area (Å²) in [4.78, 5) is 22.7. The van der Waals surface area contributed by atoms with Gasteiger partial charge in [0.15, 0.2) is 0 Å². The molecular formula is C12H16ClN3O3. The van der Waals surface area contributed by atoms with Crippen LogP contribution in [0.4, 0.5) is 5.69 Å². The van der Waals surface area contributed by atoms with Crippen LogP contribution in [0.2, 0.25) is 5.02 Å². The highest BCUT2D eigenvalue weighted by Crippen LogP contribution is 2.15. The van der Waals surface area contributed by atoms with Crippen molar-refractivity contribution >= 4 is 29.2 Å². The largest absolute Gasteiger partial charge is 0.480 e. The molecular weight excluding hydrogens is 270 g/mol. The van der Waals surface area contributed by atoms with Crippen molar-refractivity contribution in [2.24, 2.45) is 5.73 Å². The van der Waals surface area contributed by atoms with E-state index in [0.717, 1.165) is 0 Å². The molecule has 19 heavy (non-hydrogen) atoms. The average molecular weight is 286 g/mol. The lowest BCUT2D eigenvalue weighted by Gasteiger charge is -2.13. The van der Waals surface area contributed by atoms with E-state index in [1.165, 1.54) is 0 Å². The van der Waals surface area contributed by atoms with Gasteiger partial charge in [0.1, 0.15) is 6.04 Å². The molecule has 1 aromatic rings. The molecule has 6 nitrogen and oxygen atoms in total. The number of aliphatic carboxylic acids is 1. The summed E-state index contributed by atoms with van der Waals surface area (Å²) in [5, 5.41) is 14.7. The maximum absolute atomic E-state index is 11.7. The Morgan fingerprint density at radius 1 is 1.42 bits per heavy atom. The molecule has 0 fully saturated rings. The van der Waals surface area contributed by atoms with Gasteiger partial charge in [0.2, 0.25) is 5.91 Å². The molecule has 0 spiro atoms. The quantitative estimate of drug-likeness (QED) is 0.589. The van der Waals surface area contributed by atoms with Gasteiger partial charge in [-0.15, -0.1) is 0 Å². The van der Waals surface area contributed by atoms with Gasteiger partial charge >= 0.3 is 5.97 Å². The summed E-state index contributed by atoms with van der Waals surface area (Å²) in [5.41, 5.74) is 5.81. The van der Waals surface area contributed by atoms with Crippen LogP contribution in [0.5, 0.6) is 0 Å². The van der Waals surface area contributed by atoms with Gasteiger partial charge in [-0.05, 0) is 18.2 Å². The monoisotopic (exact) mass is 285 g/mol. The third-order valence-electron chi connectivity index (χ3n) is 2.33. The number of hydrogen-bond acceptors (Lipinski definition) is 4. The Morgan fingerprint density at radius 2 is 2.16 bits per heavy atom. The first-order chi connectivity index (χ1) is 9.02. The SMILES string of the molecule is NCCNC(CC(=O)Nc1cccc(Cl)c1)C(=O)O. The molecule has 0 aliphatic rings. The number of anilines is 1. The second-order valence-electron chi connectivity index (χ2n) is 3.90. The van der Waals surface area contributed by atoms with Gasteiger partial charge in [-0.25, -0.2) is 0 Å². The maximum Gasteiger partial charge on any atom is 0.321 e. The van der Waals surface area contributed by atoms with Gasteiger partial charge in [0.05, 0.1) is 6.42 Å². The number of benzene rings is 1. The number of carboxylic acid groups (broad SMARTS) is 1. The van der Waals surface area contributed by atoms with E-state index in [0.29, 0.717) is 23.8 Å². The third-order valence-corrected chi connectivity index (χ3v) is 2.57. The zero-order chi connectivity index (χ0) is 14.3. The highest BCUT2D eigenvalue weighted by atomic mass is 35.5. The molecule has 7 heteroatoms. The Hall–Kier alpha value is -1.63. The predicted octanol–water partition coefficient (Wildman–Crippen LogP) is 0.670. The van der Waals surface area contributed by atoms with Crippen molar-refractivity contribution < 1.29 is 14.7 Å². The van der Waals surface area contributed by atoms with E-state index in [9.17, 15) is 9.59 Å². The van der Waals surface area contributed by atoms with Crippen molar-refractivity contribution in [1.29, 1.82) is 0 Å². The first kappa shape index (κ1) is 15.4. The zero-order valence-corrected chi connectivity index (χ0v) is 11.0. The summed E-state index contributed by atoms with van der Waals surface area (Å²) in [7, 11) is 0. The van der Waals surface area contributed by atoms with Crippen LogP contribution >= 0.6 is 11.6 Å². The number of rotatable bonds is 7. The average Bonchev–Trinajstić information content (AvgIpc) is 2.34.